The third kappa shape index (κ3) is 4.66. The van der Waals surface area contributed by atoms with Gasteiger partial charge in [-0.15, -0.1) is 0 Å². The van der Waals surface area contributed by atoms with Crippen LogP contribution in [0.5, 0.6) is 5.75 Å². The molecule has 0 unspecified atom stereocenters. The number of fused-ring (bicyclic) bond motifs is 1. The van der Waals surface area contributed by atoms with Gasteiger partial charge in [0.1, 0.15) is 12.2 Å². The molecule has 28 heavy (non-hydrogen) atoms. The van der Waals surface area contributed by atoms with E-state index in [9.17, 15) is 9.59 Å². The van der Waals surface area contributed by atoms with Crippen LogP contribution in [-0.4, -0.2) is 25.1 Å². The third-order valence-electron chi connectivity index (χ3n) is 4.00. The molecule has 3 aromatic carbocycles. The minimum atomic E-state index is -0.542. The molecule has 0 spiro atoms. The molecule has 0 heterocycles. The number of carbonyl (C=O) groups excluding carboxylic acids is 2. The lowest BCUT2D eigenvalue weighted by molar-refractivity contribution is -0.126. The van der Waals surface area contributed by atoms with Gasteiger partial charge >= 0.3 is 0 Å². The summed E-state index contributed by atoms with van der Waals surface area (Å²) in [5, 5.41) is 8.92. The van der Waals surface area contributed by atoms with Gasteiger partial charge in [0.15, 0.2) is 0 Å². The van der Waals surface area contributed by atoms with E-state index in [1.54, 1.807) is 31.4 Å². The lowest BCUT2D eigenvalue weighted by Gasteiger charge is -2.08. The van der Waals surface area contributed by atoms with Gasteiger partial charge in [-0.2, -0.15) is 5.10 Å². The van der Waals surface area contributed by atoms with Crippen molar-refractivity contribution in [1.29, 1.82) is 0 Å². The first-order valence-electron chi connectivity index (χ1n) is 8.50. The largest absolute Gasteiger partial charge is 0.496 e. The molecule has 3 aromatic rings. The number of benzene rings is 3. The second-order valence-electron chi connectivity index (χ2n) is 5.90. The van der Waals surface area contributed by atoms with Crippen LogP contribution in [0, 0.1) is 0 Å². The Labute approximate surface area is 167 Å². The van der Waals surface area contributed by atoms with Crippen molar-refractivity contribution in [3.8, 4) is 5.75 Å². The molecule has 6 nitrogen and oxygen atoms in total. The summed E-state index contributed by atoms with van der Waals surface area (Å²) in [6.45, 7) is 0. The highest BCUT2D eigenvalue weighted by molar-refractivity contribution is 6.33. The molecule has 0 aromatic heterocycles. The fourth-order valence-electron chi connectivity index (χ4n) is 2.70. The van der Waals surface area contributed by atoms with Gasteiger partial charge in [0.25, 0.3) is 0 Å². The number of rotatable bonds is 6. The van der Waals surface area contributed by atoms with E-state index in [0.29, 0.717) is 16.5 Å². The maximum Gasteiger partial charge on any atom is 0.249 e. The van der Waals surface area contributed by atoms with Crippen molar-refractivity contribution in [2.45, 2.75) is 6.42 Å². The number of hydrogen-bond acceptors (Lipinski definition) is 4. The Bertz CT molecular complexity index is 1050. The number of methoxy groups -OCH3 is 1. The van der Waals surface area contributed by atoms with Gasteiger partial charge in [-0.05, 0) is 29.0 Å². The van der Waals surface area contributed by atoms with Gasteiger partial charge in [-0.1, -0.05) is 54.1 Å². The number of nitrogens with one attached hydrogen (secondary N) is 2. The van der Waals surface area contributed by atoms with Crippen molar-refractivity contribution < 1.29 is 14.3 Å². The normalized spacial score (nSPS) is 10.8. The quantitative estimate of drug-likeness (QED) is 0.376. The van der Waals surface area contributed by atoms with E-state index in [0.717, 1.165) is 16.3 Å². The molecule has 7 heteroatoms. The predicted molar refractivity (Wildman–Crippen MR) is 111 cm³/mol. The molecule has 2 N–H and O–H groups in total. The summed E-state index contributed by atoms with van der Waals surface area (Å²) in [5.41, 5.74) is 3.55. The fraction of sp³-hybridized carbons (Fsp3) is 0.0952. The average Bonchev–Trinajstić information content (AvgIpc) is 2.69. The van der Waals surface area contributed by atoms with Crippen LogP contribution in [0.3, 0.4) is 0 Å². The van der Waals surface area contributed by atoms with Gasteiger partial charge in [0.05, 0.1) is 24.0 Å². The van der Waals surface area contributed by atoms with Crippen molar-refractivity contribution >= 4 is 46.1 Å². The van der Waals surface area contributed by atoms with Crippen molar-refractivity contribution in [3.05, 3.63) is 71.2 Å². The minimum Gasteiger partial charge on any atom is -0.496 e. The Hall–Kier alpha value is -3.38. The van der Waals surface area contributed by atoms with Crippen molar-refractivity contribution in [2.75, 3.05) is 12.4 Å². The molecule has 0 aliphatic heterocycles. The zero-order valence-corrected chi connectivity index (χ0v) is 15.9. The molecule has 0 saturated heterocycles. The Morgan fingerprint density at radius 1 is 1.04 bits per heavy atom. The van der Waals surface area contributed by atoms with Crippen molar-refractivity contribution in [1.82, 2.24) is 5.43 Å². The smallest absolute Gasteiger partial charge is 0.249 e. The number of amides is 2. The SMILES string of the molecule is COc1ccc2ccccc2c1C=NNC(=O)CC(=O)Nc1ccccc1Cl. The van der Waals surface area contributed by atoms with Gasteiger partial charge in [-0.25, -0.2) is 5.43 Å². The van der Waals surface area contributed by atoms with E-state index in [2.05, 4.69) is 15.8 Å². The number of para-hydroxylation sites is 1. The summed E-state index contributed by atoms with van der Waals surface area (Å²) >= 11 is 5.98. The molecule has 0 saturated carbocycles. The molecular formula is C21H18ClN3O3. The van der Waals surface area contributed by atoms with Crippen molar-refractivity contribution in [2.24, 2.45) is 5.10 Å². The number of anilines is 1. The van der Waals surface area contributed by atoms with Crippen LogP contribution in [0.2, 0.25) is 5.02 Å². The van der Waals surface area contributed by atoms with Gasteiger partial charge in [0.2, 0.25) is 11.8 Å². The fourth-order valence-corrected chi connectivity index (χ4v) is 2.88. The molecule has 0 fully saturated rings. The molecule has 3 rings (SSSR count). The van der Waals surface area contributed by atoms with Crippen LogP contribution in [0.15, 0.2) is 65.8 Å². The topological polar surface area (TPSA) is 79.8 Å². The second-order valence-corrected chi connectivity index (χ2v) is 6.31. The van der Waals surface area contributed by atoms with E-state index >= 15 is 0 Å². The van der Waals surface area contributed by atoms with E-state index in [1.807, 2.05) is 36.4 Å². The number of hydrazone groups is 1. The Morgan fingerprint density at radius 3 is 2.57 bits per heavy atom. The summed E-state index contributed by atoms with van der Waals surface area (Å²) in [4.78, 5) is 24.0. The van der Waals surface area contributed by atoms with Crippen LogP contribution in [-0.2, 0) is 9.59 Å². The number of ether oxygens (including phenoxy) is 1. The molecule has 0 aliphatic rings. The average molecular weight is 396 g/mol. The number of hydrogen-bond donors (Lipinski definition) is 2. The van der Waals surface area contributed by atoms with Crippen LogP contribution < -0.4 is 15.5 Å². The summed E-state index contributed by atoms with van der Waals surface area (Å²) in [7, 11) is 1.57. The predicted octanol–water partition coefficient (Wildman–Crippen LogP) is 3.98. The Morgan fingerprint density at radius 2 is 1.79 bits per heavy atom. The molecule has 0 aliphatic carbocycles. The van der Waals surface area contributed by atoms with Crippen molar-refractivity contribution in [3.63, 3.8) is 0 Å². The van der Waals surface area contributed by atoms with Crippen LogP contribution >= 0.6 is 11.6 Å². The lowest BCUT2D eigenvalue weighted by atomic mass is 10.0. The Balaban J connectivity index is 1.65. The van der Waals surface area contributed by atoms with E-state index in [-0.39, 0.29) is 6.42 Å². The molecule has 0 atom stereocenters. The number of carbonyl (C=O) groups is 2. The highest BCUT2D eigenvalue weighted by atomic mass is 35.5. The maximum absolute atomic E-state index is 12.0. The maximum atomic E-state index is 12.0. The summed E-state index contributed by atoms with van der Waals surface area (Å²) in [6, 6.07) is 18.4. The van der Waals surface area contributed by atoms with Crippen LogP contribution in [0.25, 0.3) is 10.8 Å². The zero-order valence-electron chi connectivity index (χ0n) is 15.1. The van der Waals surface area contributed by atoms with Gasteiger partial charge < -0.3 is 10.1 Å². The second kappa shape index (κ2) is 9.01. The standard InChI is InChI=1S/C21H18ClN3O3/c1-28-19-11-10-14-6-2-3-7-15(14)16(19)13-23-25-21(27)12-20(26)24-18-9-5-4-8-17(18)22/h2-11,13H,12H2,1H3,(H,24,26)(H,25,27). The number of nitrogens with zero attached hydrogens (tertiary/aromatic N) is 1. The lowest BCUT2D eigenvalue weighted by Crippen LogP contribution is -2.24. The first kappa shape index (κ1) is 19.4. The first-order chi connectivity index (χ1) is 13.6. The van der Waals surface area contributed by atoms with E-state index < -0.39 is 11.8 Å². The molecule has 0 radical (unpaired) electrons. The van der Waals surface area contributed by atoms with Crippen LogP contribution in [0.1, 0.15) is 12.0 Å². The molecule has 2 amide bonds. The van der Waals surface area contributed by atoms with E-state index in [1.165, 1.54) is 6.21 Å². The van der Waals surface area contributed by atoms with Crippen LogP contribution in [0.4, 0.5) is 5.69 Å². The first-order valence-corrected chi connectivity index (χ1v) is 8.88. The minimum absolute atomic E-state index is 0.380. The molecular weight excluding hydrogens is 378 g/mol. The van der Waals surface area contributed by atoms with E-state index in [4.69, 9.17) is 16.3 Å². The molecule has 142 valence electrons. The summed E-state index contributed by atoms with van der Waals surface area (Å²) in [5.74, 6) is -0.392. The highest BCUT2D eigenvalue weighted by Crippen LogP contribution is 2.26. The highest BCUT2D eigenvalue weighted by Gasteiger charge is 2.11. The van der Waals surface area contributed by atoms with Gasteiger partial charge in [0, 0.05) is 5.56 Å². The van der Waals surface area contributed by atoms with Gasteiger partial charge in [-0.3, -0.25) is 9.59 Å². The Kier molecular flexibility index (Phi) is 6.24. The zero-order chi connectivity index (χ0) is 19.9. The summed E-state index contributed by atoms with van der Waals surface area (Å²) < 4.78 is 5.37. The summed E-state index contributed by atoms with van der Waals surface area (Å²) in [6.07, 6.45) is 1.13. The third-order valence-corrected chi connectivity index (χ3v) is 4.33. The molecule has 0 bridgehead atoms. The monoisotopic (exact) mass is 395 g/mol. The number of halogens is 1.